The summed E-state index contributed by atoms with van der Waals surface area (Å²) in [7, 11) is -3.31. The molecule has 0 aromatic rings. The fourth-order valence-electron chi connectivity index (χ4n) is 3.62. The van der Waals surface area contributed by atoms with Gasteiger partial charge in [-0.2, -0.15) is 17.0 Å². The number of nitrogens with zero attached hydrogens (tertiary/aromatic N) is 2. The van der Waals surface area contributed by atoms with E-state index in [1.807, 2.05) is 0 Å². The van der Waals surface area contributed by atoms with E-state index in [9.17, 15) is 8.42 Å². The fraction of sp³-hybridized carbons (Fsp3) is 1.00. The highest BCUT2D eigenvalue weighted by Crippen LogP contribution is 2.27. The standard InChI is InChI=1S/C14H29N3O2S/c1-4-13-10-16(6-5-14(13)15)20(18,19)17-8-11(2)7-12(3)9-17/h11-14H,4-10,15H2,1-3H3. The summed E-state index contributed by atoms with van der Waals surface area (Å²) in [6.07, 6.45) is 2.84. The Labute approximate surface area is 123 Å². The maximum Gasteiger partial charge on any atom is 0.282 e. The first kappa shape index (κ1) is 16.2. The van der Waals surface area contributed by atoms with Crippen LogP contribution in [0.3, 0.4) is 0 Å². The normalized spacial score (nSPS) is 38.0. The van der Waals surface area contributed by atoms with E-state index in [2.05, 4.69) is 20.8 Å². The summed E-state index contributed by atoms with van der Waals surface area (Å²) in [6.45, 7) is 8.83. The Morgan fingerprint density at radius 2 is 1.70 bits per heavy atom. The molecule has 20 heavy (non-hydrogen) atoms. The van der Waals surface area contributed by atoms with Crippen LogP contribution in [0.4, 0.5) is 0 Å². The highest BCUT2D eigenvalue weighted by molar-refractivity contribution is 7.86. The third-order valence-electron chi connectivity index (χ3n) is 4.77. The van der Waals surface area contributed by atoms with Crippen molar-refractivity contribution >= 4 is 10.2 Å². The topological polar surface area (TPSA) is 66.6 Å². The van der Waals surface area contributed by atoms with Gasteiger partial charge in [-0.25, -0.2) is 0 Å². The van der Waals surface area contributed by atoms with E-state index in [1.54, 1.807) is 8.61 Å². The van der Waals surface area contributed by atoms with E-state index < -0.39 is 10.2 Å². The summed E-state index contributed by atoms with van der Waals surface area (Å²) in [5.41, 5.74) is 6.08. The molecule has 2 heterocycles. The Kier molecular flexibility index (Phi) is 5.10. The van der Waals surface area contributed by atoms with E-state index in [0.717, 1.165) is 19.3 Å². The van der Waals surface area contributed by atoms with Gasteiger partial charge in [0.2, 0.25) is 0 Å². The summed E-state index contributed by atoms with van der Waals surface area (Å²) in [5.74, 6) is 1.18. The lowest BCUT2D eigenvalue weighted by atomic mass is 9.92. The molecule has 2 saturated heterocycles. The monoisotopic (exact) mass is 303 g/mol. The molecule has 2 aliphatic heterocycles. The summed E-state index contributed by atoms with van der Waals surface area (Å²) >= 11 is 0. The summed E-state index contributed by atoms with van der Waals surface area (Å²) in [4.78, 5) is 0. The molecular formula is C14H29N3O2S. The minimum Gasteiger partial charge on any atom is -0.327 e. The molecule has 0 aliphatic carbocycles. The number of rotatable bonds is 3. The first-order valence-electron chi connectivity index (χ1n) is 7.85. The van der Waals surface area contributed by atoms with Gasteiger partial charge in [0, 0.05) is 32.2 Å². The zero-order valence-corrected chi connectivity index (χ0v) is 13.8. The Balaban J connectivity index is 2.10. The Morgan fingerprint density at radius 1 is 1.10 bits per heavy atom. The lowest BCUT2D eigenvalue weighted by Crippen LogP contribution is -2.55. The summed E-state index contributed by atoms with van der Waals surface area (Å²) < 4.78 is 29.0. The fourth-order valence-corrected chi connectivity index (χ4v) is 5.54. The second-order valence-corrected chi connectivity index (χ2v) is 8.68. The predicted molar refractivity (Wildman–Crippen MR) is 81.4 cm³/mol. The van der Waals surface area contributed by atoms with Crippen molar-refractivity contribution in [1.29, 1.82) is 0 Å². The van der Waals surface area contributed by atoms with Crippen molar-refractivity contribution in [3.05, 3.63) is 0 Å². The molecule has 0 amide bonds. The molecule has 4 atom stereocenters. The maximum absolute atomic E-state index is 12.8. The zero-order chi connectivity index (χ0) is 14.9. The number of piperidine rings is 2. The molecule has 2 fully saturated rings. The molecule has 5 nitrogen and oxygen atoms in total. The van der Waals surface area contributed by atoms with Crippen LogP contribution in [0, 0.1) is 17.8 Å². The van der Waals surface area contributed by atoms with Crippen LogP contribution in [-0.2, 0) is 10.2 Å². The van der Waals surface area contributed by atoms with Gasteiger partial charge in [-0.15, -0.1) is 0 Å². The molecule has 2 rings (SSSR count). The predicted octanol–water partition coefficient (Wildman–Crippen LogP) is 1.27. The molecule has 4 unspecified atom stereocenters. The summed E-state index contributed by atoms with van der Waals surface area (Å²) in [6, 6.07) is 0.144. The Morgan fingerprint density at radius 3 is 2.25 bits per heavy atom. The molecule has 6 heteroatoms. The van der Waals surface area contributed by atoms with Gasteiger partial charge in [0.25, 0.3) is 10.2 Å². The van der Waals surface area contributed by atoms with Gasteiger partial charge in [0.1, 0.15) is 0 Å². The Hall–Kier alpha value is -0.170. The zero-order valence-electron chi connectivity index (χ0n) is 13.0. The largest absolute Gasteiger partial charge is 0.327 e. The molecule has 2 aliphatic rings. The van der Waals surface area contributed by atoms with Crippen LogP contribution in [0.5, 0.6) is 0 Å². The quantitative estimate of drug-likeness (QED) is 0.854. The van der Waals surface area contributed by atoms with Gasteiger partial charge in [0.15, 0.2) is 0 Å². The van der Waals surface area contributed by atoms with Crippen molar-refractivity contribution < 1.29 is 8.42 Å². The highest BCUT2D eigenvalue weighted by atomic mass is 32.2. The van der Waals surface area contributed by atoms with Crippen molar-refractivity contribution in [2.24, 2.45) is 23.5 Å². The smallest absolute Gasteiger partial charge is 0.282 e. The maximum atomic E-state index is 12.8. The van der Waals surface area contributed by atoms with Crippen LogP contribution >= 0.6 is 0 Å². The van der Waals surface area contributed by atoms with Crippen LogP contribution < -0.4 is 5.73 Å². The molecular weight excluding hydrogens is 274 g/mol. The Bertz CT molecular complexity index is 416. The number of nitrogens with two attached hydrogens (primary N) is 1. The molecule has 2 N–H and O–H groups in total. The average Bonchev–Trinajstić information content (AvgIpc) is 2.37. The van der Waals surface area contributed by atoms with Gasteiger partial charge in [0.05, 0.1) is 0 Å². The van der Waals surface area contributed by atoms with Crippen molar-refractivity contribution in [3.8, 4) is 0 Å². The van der Waals surface area contributed by atoms with Gasteiger partial charge in [-0.3, -0.25) is 0 Å². The van der Waals surface area contributed by atoms with Crippen LogP contribution in [0.25, 0.3) is 0 Å². The molecule has 0 spiro atoms. The van der Waals surface area contributed by atoms with E-state index in [-0.39, 0.29) is 12.0 Å². The lowest BCUT2D eigenvalue weighted by Gasteiger charge is -2.41. The van der Waals surface area contributed by atoms with E-state index >= 15 is 0 Å². The van der Waals surface area contributed by atoms with Gasteiger partial charge >= 0.3 is 0 Å². The molecule has 0 aromatic carbocycles. The third-order valence-corrected chi connectivity index (χ3v) is 6.70. The molecule has 0 bridgehead atoms. The SMILES string of the molecule is CCC1CN(S(=O)(=O)N2CC(C)CC(C)C2)CCC1N. The van der Waals surface area contributed by atoms with E-state index in [4.69, 9.17) is 5.73 Å². The minimum atomic E-state index is -3.31. The van der Waals surface area contributed by atoms with Crippen molar-refractivity contribution in [2.75, 3.05) is 26.2 Å². The first-order chi connectivity index (χ1) is 9.34. The van der Waals surface area contributed by atoms with Gasteiger partial charge in [-0.1, -0.05) is 27.2 Å². The van der Waals surface area contributed by atoms with Crippen LogP contribution in [0.2, 0.25) is 0 Å². The lowest BCUT2D eigenvalue weighted by molar-refractivity contribution is 0.184. The number of hydrogen-bond acceptors (Lipinski definition) is 3. The highest BCUT2D eigenvalue weighted by Gasteiger charge is 2.38. The average molecular weight is 303 g/mol. The first-order valence-corrected chi connectivity index (χ1v) is 9.25. The van der Waals surface area contributed by atoms with Crippen LogP contribution in [-0.4, -0.2) is 49.2 Å². The van der Waals surface area contributed by atoms with Crippen molar-refractivity contribution in [2.45, 2.75) is 46.1 Å². The van der Waals surface area contributed by atoms with Gasteiger partial charge in [-0.05, 0) is 30.6 Å². The summed E-state index contributed by atoms with van der Waals surface area (Å²) in [5, 5.41) is 0. The molecule has 0 aromatic heterocycles. The second kappa shape index (κ2) is 6.30. The van der Waals surface area contributed by atoms with E-state index in [0.29, 0.717) is 38.0 Å². The van der Waals surface area contributed by atoms with Crippen molar-refractivity contribution in [3.63, 3.8) is 0 Å². The minimum absolute atomic E-state index is 0.144. The van der Waals surface area contributed by atoms with Crippen molar-refractivity contribution in [1.82, 2.24) is 8.61 Å². The third kappa shape index (κ3) is 3.35. The van der Waals surface area contributed by atoms with E-state index in [1.165, 1.54) is 0 Å². The second-order valence-electron chi connectivity index (χ2n) is 6.75. The van der Waals surface area contributed by atoms with Crippen LogP contribution in [0.1, 0.15) is 40.0 Å². The molecule has 118 valence electrons. The van der Waals surface area contributed by atoms with Crippen LogP contribution in [0.15, 0.2) is 0 Å². The molecule has 0 saturated carbocycles. The number of hydrogen-bond donors (Lipinski definition) is 1. The molecule has 0 radical (unpaired) electrons. The van der Waals surface area contributed by atoms with Gasteiger partial charge < -0.3 is 5.73 Å².